The average molecular weight is 304 g/mol. The summed E-state index contributed by atoms with van der Waals surface area (Å²) in [5.74, 6) is 0.910. The Kier molecular flexibility index (Phi) is 3.00. The molecule has 1 unspecified atom stereocenters. The van der Waals surface area contributed by atoms with E-state index in [-0.39, 0.29) is 6.04 Å². The number of nitrogens with one attached hydrogen (secondary N) is 1. The molecule has 0 amide bonds. The third-order valence-electron chi connectivity index (χ3n) is 3.16. The van der Waals surface area contributed by atoms with Crippen molar-refractivity contribution in [3.8, 4) is 5.75 Å². The summed E-state index contributed by atoms with van der Waals surface area (Å²) in [7, 11) is 0. The zero-order valence-electron chi connectivity index (χ0n) is 10.1. The fourth-order valence-electron chi connectivity index (χ4n) is 2.12. The van der Waals surface area contributed by atoms with Crippen LogP contribution in [0.3, 0.4) is 0 Å². The molecule has 0 radical (unpaired) electrons. The van der Waals surface area contributed by atoms with Crippen LogP contribution in [0.15, 0.2) is 46.9 Å². The monoisotopic (exact) mass is 303 g/mol. The summed E-state index contributed by atoms with van der Waals surface area (Å²) >= 11 is 3.45. The molecule has 3 heteroatoms. The Morgan fingerprint density at radius 2 is 1.94 bits per heavy atom. The minimum absolute atomic E-state index is 0.222. The standard InChI is InChI=1S/C15H14BrNO/c1-10-2-4-11(5-3-10)14-9-18-15-8-12(16)6-7-13(15)17-14/h2-8,14,17H,9H2,1H3. The van der Waals surface area contributed by atoms with E-state index in [4.69, 9.17) is 4.74 Å². The van der Waals surface area contributed by atoms with Crippen molar-refractivity contribution in [3.05, 3.63) is 58.1 Å². The van der Waals surface area contributed by atoms with E-state index in [0.29, 0.717) is 6.61 Å². The van der Waals surface area contributed by atoms with Gasteiger partial charge in [-0.1, -0.05) is 45.8 Å². The van der Waals surface area contributed by atoms with Crippen molar-refractivity contribution in [1.29, 1.82) is 0 Å². The minimum Gasteiger partial charge on any atom is -0.489 e. The number of rotatable bonds is 1. The number of anilines is 1. The highest BCUT2D eigenvalue weighted by Crippen LogP contribution is 2.35. The van der Waals surface area contributed by atoms with Crippen LogP contribution in [0.4, 0.5) is 5.69 Å². The van der Waals surface area contributed by atoms with Gasteiger partial charge in [-0.25, -0.2) is 0 Å². The van der Waals surface area contributed by atoms with Crippen molar-refractivity contribution in [2.75, 3.05) is 11.9 Å². The highest BCUT2D eigenvalue weighted by molar-refractivity contribution is 9.10. The lowest BCUT2D eigenvalue weighted by molar-refractivity contribution is 0.286. The van der Waals surface area contributed by atoms with Gasteiger partial charge in [0, 0.05) is 4.47 Å². The smallest absolute Gasteiger partial charge is 0.143 e. The van der Waals surface area contributed by atoms with Crippen LogP contribution in [-0.4, -0.2) is 6.61 Å². The Labute approximate surface area is 115 Å². The van der Waals surface area contributed by atoms with Gasteiger partial charge in [0.15, 0.2) is 0 Å². The Morgan fingerprint density at radius 3 is 2.72 bits per heavy atom. The molecule has 0 saturated carbocycles. The van der Waals surface area contributed by atoms with Gasteiger partial charge in [-0.2, -0.15) is 0 Å². The summed E-state index contributed by atoms with van der Waals surface area (Å²) < 4.78 is 6.85. The zero-order chi connectivity index (χ0) is 12.5. The van der Waals surface area contributed by atoms with Crippen molar-refractivity contribution in [3.63, 3.8) is 0 Å². The first kappa shape index (κ1) is 11.6. The van der Waals surface area contributed by atoms with Gasteiger partial charge < -0.3 is 10.1 Å². The fourth-order valence-corrected chi connectivity index (χ4v) is 2.46. The summed E-state index contributed by atoms with van der Waals surface area (Å²) in [6.45, 7) is 2.76. The molecular formula is C15H14BrNO. The lowest BCUT2D eigenvalue weighted by Gasteiger charge is -2.28. The molecule has 0 spiro atoms. The van der Waals surface area contributed by atoms with Gasteiger partial charge in [-0.15, -0.1) is 0 Å². The van der Waals surface area contributed by atoms with Crippen LogP contribution in [0.25, 0.3) is 0 Å². The Balaban J connectivity index is 1.86. The van der Waals surface area contributed by atoms with Gasteiger partial charge in [-0.05, 0) is 30.7 Å². The maximum atomic E-state index is 5.81. The molecule has 0 aromatic heterocycles. The Bertz CT molecular complexity index is 565. The second-order valence-electron chi connectivity index (χ2n) is 4.56. The van der Waals surface area contributed by atoms with Gasteiger partial charge in [0.2, 0.25) is 0 Å². The second-order valence-corrected chi connectivity index (χ2v) is 5.47. The summed E-state index contributed by atoms with van der Waals surface area (Å²) in [5, 5.41) is 3.51. The lowest BCUT2D eigenvalue weighted by Crippen LogP contribution is -2.23. The molecule has 2 aromatic carbocycles. The van der Waals surface area contributed by atoms with Gasteiger partial charge in [-0.3, -0.25) is 0 Å². The van der Waals surface area contributed by atoms with Gasteiger partial charge in [0.25, 0.3) is 0 Å². The maximum Gasteiger partial charge on any atom is 0.143 e. The number of benzene rings is 2. The van der Waals surface area contributed by atoms with Crippen LogP contribution in [0.1, 0.15) is 17.2 Å². The van der Waals surface area contributed by atoms with E-state index >= 15 is 0 Å². The molecule has 2 aromatic rings. The molecule has 1 N–H and O–H groups in total. The molecular weight excluding hydrogens is 290 g/mol. The Morgan fingerprint density at radius 1 is 1.17 bits per heavy atom. The van der Waals surface area contributed by atoms with Gasteiger partial charge >= 0.3 is 0 Å². The minimum atomic E-state index is 0.222. The van der Waals surface area contributed by atoms with Crippen LogP contribution in [0.5, 0.6) is 5.75 Å². The van der Waals surface area contributed by atoms with Crippen LogP contribution < -0.4 is 10.1 Å². The largest absolute Gasteiger partial charge is 0.489 e. The van der Waals surface area contributed by atoms with E-state index in [9.17, 15) is 0 Å². The van der Waals surface area contributed by atoms with Crippen molar-refractivity contribution in [1.82, 2.24) is 0 Å². The number of hydrogen-bond acceptors (Lipinski definition) is 2. The molecule has 1 atom stereocenters. The maximum absolute atomic E-state index is 5.81. The van der Waals surface area contributed by atoms with Crippen LogP contribution in [-0.2, 0) is 0 Å². The number of aryl methyl sites for hydroxylation is 1. The quantitative estimate of drug-likeness (QED) is 0.848. The molecule has 92 valence electrons. The lowest BCUT2D eigenvalue weighted by atomic mass is 10.0. The van der Waals surface area contributed by atoms with E-state index < -0.39 is 0 Å². The van der Waals surface area contributed by atoms with Crippen molar-refractivity contribution in [2.24, 2.45) is 0 Å². The first-order valence-corrected chi connectivity index (χ1v) is 6.77. The molecule has 2 nitrogen and oxygen atoms in total. The summed E-state index contributed by atoms with van der Waals surface area (Å²) in [6.07, 6.45) is 0. The number of fused-ring (bicyclic) bond motifs is 1. The van der Waals surface area contributed by atoms with Crippen molar-refractivity contribution < 1.29 is 4.74 Å². The topological polar surface area (TPSA) is 21.3 Å². The summed E-state index contributed by atoms with van der Waals surface area (Å²) in [6, 6.07) is 14.8. The molecule has 0 bridgehead atoms. The zero-order valence-corrected chi connectivity index (χ0v) is 11.7. The first-order chi connectivity index (χ1) is 8.72. The first-order valence-electron chi connectivity index (χ1n) is 5.98. The molecule has 0 fully saturated rings. The number of ether oxygens (including phenoxy) is 1. The molecule has 3 rings (SSSR count). The third kappa shape index (κ3) is 2.23. The SMILES string of the molecule is Cc1ccc(C2COc3cc(Br)ccc3N2)cc1. The average Bonchev–Trinajstić information content (AvgIpc) is 2.39. The second kappa shape index (κ2) is 4.65. The predicted octanol–water partition coefficient (Wildman–Crippen LogP) is 4.30. The molecule has 18 heavy (non-hydrogen) atoms. The summed E-state index contributed by atoms with van der Waals surface area (Å²) in [4.78, 5) is 0. The van der Waals surface area contributed by atoms with Crippen molar-refractivity contribution in [2.45, 2.75) is 13.0 Å². The van der Waals surface area contributed by atoms with E-state index in [1.54, 1.807) is 0 Å². The number of hydrogen-bond donors (Lipinski definition) is 1. The molecule has 0 aliphatic carbocycles. The normalized spacial score (nSPS) is 17.6. The predicted molar refractivity (Wildman–Crippen MR) is 77.2 cm³/mol. The molecule has 0 saturated heterocycles. The van der Waals surface area contributed by atoms with Crippen LogP contribution in [0, 0.1) is 6.92 Å². The number of halogens is 1. The highest BCUT2D eigenvalue weighted by Gasteiger charge is 2.20. The van der Waals surface area contributed by atoms with E-state index in [0.717, 1.165) is 15.9 Å². The molecule has 1 aliphatic rings. The Hall–Kier alpha value is -1.48. The molecule has 1 heterocycles. The van der Waals surface area contributed by atoms with E-state index in [2.05, 4.69) is 52.4 Å². The van der Waals surface area contributed by atoms with Crippen LogP contribution in [0.2, 0.25) is 0 Å². The van der Waals surface area contributed by atoms with E-state index in [1.165, 1.54) is 11.1 Å². The highest BCUT2D eigenvalue weighted by atomic mass is 79.9. The third-order valence-corrected chi connectivity index (χ3v) is 3.65. The van der Waals surface area contributed by atoms with E-state index in [1.807, 2.05) is 18.2 Å². The van der Waals surface area contributed by atoms with Gasteiger partial charge in [0.1, 0.15) is 12.4 Å². The summed E-state index contributed by atoms with van der Waals surface area (Å²) in [5.41, 5.74) is 3.59. The molecule has 1 aliphatic heterocycles. The van der Waals surface area contributed by atoms with Crippen LogP contribution >= 0.6 is 15.9 Å². The van der Waals surface area contributed by atoms with Crippen molar-refractivity contribution >= 4 is 21.6 Å². The van der Waals surface area contributed by atoms with Gasteiger partial charge in [0.05, 0.1) is 11.7 Å². The fraction of sp³-hybridized carbons (Fsp3) is 0.200.